The molecule has 0 spiro atoms. The van der Waals surface area contributed by atoms with Crippen molar-refractivity contribution in [2.75, 3.05) is 65.6 Å². The fourth-order valence-electron chi connectivity index (χ4n) is 7.45. The number of aromatic nitrogens is 6. The van der Waals surface area contributed by atoms with E-state index in [1.165, 1.54) is 5.69 Å². The molecule has 0 amide bonds. The Hall–Kier alpha value is -4.70. The lowest BCUT2D eigenvalue weighted by molar-refractivity contribution is 0.0846. The SMILES string of the molecule is CC(C)(C)C(=O)c1c[nH]c2ncc(-c3cccc(N4CCS(=O)CC4)c3)nc12.CC(C)(C)C(=O)c1cn(COCC[Si](C)(C)C)c2ncc(-c3cccc(N4CCSCC4)c3)nc12. The molecule has 1 N–H and O–H groups in total. The van der Waals surface area contributed by atoms with E-state index in [1.807, 2.05) is 82.4 Å². The van der Waals surface area contributed by atoms with Gasteiger partial charge in [0.1, 0.15) is 17.8 Å². The van der Waals surface area contributed by atoms with Crippen molar-refractivity contribution in [3.8, 4) is 22.5 Å². The molecule has 2 aromatic carbocycles. The standard InChI is InChI=1S/C27H38N4O2SSi.C21H24N4O2S/c1-27(2,3)25(32)22-18-31(19-33-12-15-35(4,5)6)26-24(22)29-23(17-28-26)20-8-7-9-21(16-20)30-10-13-34-14-11-30;1-21(2,3)19(26)16-12-22-20-18(16)24-17(13-23-20)14-5-4-6-15(11-14)25-7-9-28(27)10-8-25/h7-9,16-18H,10-15,19H2,1-6H3;4-6,11-13H,7-10H2,1-3H3,(H,22,23). The van der Waals surface area contributed by atoms with Crippen LogP contribution in [0.15, 0.2) is 73.3 Å². The Kier molecular flexibility index (Phi) is 14.1. The molecule has 0 aliphatic carbocycles. The van der Waals surface area contributed by atoms with Gasteiger partial charge in [0.15, 0.2) is 22.9 Å². The van der Waals surface area contributed by atoms with Crippen molar-refractivity contribution in [2.24, 2.45) is 10.8 Å². The summed E-state index contributed by atoms with van der Waals surface area (Å²) in [5, 5.41) is 0. The number of nitrogens with zero attached hydrogens (tertiary/aromatic N) is 7. The topological polar surface area (TPSA) is 139 Å². The number of nitrogens with one attached hydrogen (secondary N) is 1. The number of rotatable bonds is 11. The Morgan fingerprint density at radius 1 is 0.778 bits per heavy atom. The highest BCUT2D eigenvalue weighted by molar-refractivity contribution is 7.99. The summed E-state index contributed by atoms with van der Waals surface area (Å²) in [6, 6.07) is 17.7. The fraction of sp³-hybridized carbons (Fsp3) is 0.458. The molecule has 0 saturated carbocycles. The second-order valence-corrected chi connectivity index (χ2v) is 28.2. The zero-order valence-electron chi connectivity index (χ0n) is 38.3. The van der Waals surface area contributed by atoms with Gasteiger partial charge in [-0.3, -0.25) is 13.8 Å². The maximum atomic E-state index is 13.3. The van der Waals surface area contributed by atoms with Gasteiger partial charge in [-0.1, -0.05) is 85.4 Å². The molecule has 0 atom stereocenters. The summed E-state index contributed by atoms with van der Waals surface area (Å²) >= 11 is 2.01. The predicted molar refractivity (Wildman–Crippen MR) is 264 cm³/mol. The molecule has 0 radical (unpaired) electrons. The van der Waals surface area contributed by atoms with Crippen LogP contribution in [0.2, 0.25) is 25.7 Å². The largest absolute Gasteiger partial charge is 0.370 e. The molecule has 12 nitrogen and oxygen atoms in total. The first-order chi connectivity index (χ1) is 29.9. The first kappa shape index (κ1) is 46.3. The maximum absolute atomic E-state index is 13.3. The highest BCUT2D eigenvalue weighted by Crippen LogP contribution is 2.32. The Bertz CT molecular complexity index is 2610. The van der Waals surface area contributed by atoms with Crippen LogP contribution in [0.5, 0.6) is 0 Å². The lowest BCUT2D eigenvalue weighted by atomic mass is 9.87. The summed E-state index contributed by atoms with van der Waals surface area (Å²) in [6.45, 7) is 23.4. The molecule has 2 saturated heterocycles. The van der Waals surface area contributed by atoms with Gasteiger partial charge in [0.25, 0.3) is 0 Å². The van der Waals surface area contributed by atoms with Crippen LogP contribution in [0.25, 0.3) is 44.8 Å². The summed E-state index contributed by atoms with van der Waals surface area (Å²) in [7, 11) is -1.87. The van der Waals surface area contributed by atoms with Crippen LogP contribution in [-0.2, 0) is 22.3 Å². The summed E-state index contributed by atoms with van der Waals surface area (Å²) in [6.07, 6.45) is 7.12. The number of ether oxygens (including phenoxy) is 1. The normalized spacial score (nSPS) is 15.4. The van der Waals surface area contributed by atoms with Crippen molar-refractivity contribution < 1.29 is 18.5 Å². The third kappa shape index (κ3) is 11.3. The summed E-state index contributed by atoms with van der Waals surface area (Å²) in [4.78, 5) is 52.8. The summed E-state index contributed by atoms with van der Waals surface area (Å²) in [5.41, 5.74) is 8.55. The number of aromatic amines is 1. The fourth-order valence-corrected chi connectivity index (χ4v) is 10.2. The van der Waals surface area contributed by atoms with Gasteiger partial charge in [-0.05, 0) is 30.3 Å². The summed E-state index contributed by atoms with van der Waals surface area (Å²) < 4.78 is 19.5. The number of fused-ring (bicyclic) bond motifs is 2. The van der Waals surface area contributed by atoms with Crippen molar-refractivity contribution in [3.05, 3.63) is 84.4 Å². The molecular formula is C48H62N8O4S2Si. The van der Waals surface area contributed by atoms with Crippen LogP contribution in [0.1, 0.15) is 62.3 Å². The minimum absolute atomic E-state index is 0.0419. The number of carbonyl (C=O) groups excluding carboxylic acids is 2. The maximum Gasteiger partial charge on any atom is 0.171 e. The average Bonchev–Trinajstić information content (AvgIpc) is 3.85. The number of Topliss-reactive ketones (excluding diaryl/α,β-unsaturated/α-hetero) is 2. The van der Waals surface area contributed by atoms with Crippen LogP contribution in [0, 0.1) is 10.8 Å². The van der Waals surface area contributed by atoms with Crippen LogP contribution in [-0.4, -0.2) is 109 Å². The number of ketones is 2. The minimum atomic E-state index is -1.17. The molecule has 0 unspecified atom stereocenters. The Morgan fingerprint density at radius 2 is 1.33 bits per heavy atom. The van der Waals surface area contributed by atoms with E-state index in [9.17, 15) is 13.8 Å². The highest BCUT2D eigenvalue weighted by Gasteiger charge is 2.29. The number of thioether (sulfide) groups is 1. The van der Waals surface area contributed by atoms with Crippen molar-refractivity contribution in [3.63, 3.8) is 0 Å². The van der Waals surface area contributed by atoms with Gasteiger partial charge in [-0.25, -0.2) is 19.9 Å². The van der Waals surface area contributed by atoms with Gasteiger partial charge in [-0.15, -0.1) is 0 Å². The molecule has 4 aromatic heterocycles. The second kappa shape index (κ2) is 19.2. The van der Waals surface area contributed by atoms with Crippen LogP contribution in [0.4, 0.5) is 11.4 Å². The van der Waals surface area contributed by atoms with Crippen LogP contribution < -0.4 is 9.80 Å². The van der Waals surface area contributed by atoms with Crippen LogP contribution in [0.3, 0.4) is 0 Å². The predicted octanol–water partition coefficient (Wildman–Crippen LogP) is 9.62. The molecule has 8 rings (SSSR count). The van der Waals surface area contributed by atoms with E-state index in [-0.39, 0.29) is 11.6 Å². The number of hydrogen-bond acceptors (Lipinski definition) is 11. The van der Waals surface area contributed by atoms with Gasteiger partial charge in [-0.2, -0.15) is 11.8 Å². The first-order valence-corrected chi connectivity index (χ1v) is 28.2. The van der Waals surface area contributed by atoms with Crippen LogP contribution >= 0.6 is 11.8 Å². The molecule has 63 heavy (non-hydrogen) atoms. The molecule has 6 heterocycles. The average molecular weight is 907 g/mol. The molecule has 334 valence electrons. The van der Waals surface area contributed by atoms with Crippen molar-refractivity contribution in [1.29, 1.82) is 0 Å². The second-order valence-electron chi connectivity index (χ2n) is 19.6. The zero-order valence-corrected chi connectivity index (χ0v) is 40.9. The summed E-state index contributed by atoms with van der Waals surface area (Å²) in [5.74, 6) is 3.83. The molecule has 0 bridgehead atoms. The van der Waals surface area contributed by atoms with E-state index < -0.39 is 29.7 Å². The Labute approximate surface area is 379 Å². The smallest absolute Gasteiger partial charge is 0.171 e. The van der Waals surface area contributed by atoms with E-state index in [0.29, 0.717) is 58.3 Å². The monoisotopic (exact) mass is 906 g/mol. The number of H-pyrrole nitrogens is 1. The van der Waals surface area contributed by atoms with Gasteiger partial charge >= 0.3 is 0 Å². The number of hydrogen-bond donors (Lipinski definition) is 1. The highest BCUT2D eigenvalue weighted by atomic mass is 32.2. The Balaban J connectivity index is 0.000000193. The first-order valence-electron chi connectivity index (χ1n) is 21.9. The van der Waals surface area contributed by atoms with E-state index in [1.54, 1.807) is 12.4 Å². The van der Waals surface area contributed by atoms with Gasteiger partial charge in [0.05, 0.1) is 34.9 Å². The van der Waals surface area contributed by atoms with E-state index in [2.05, 4.69) is 75.8 Å². The quantitative estimate of drug-likeness (QED) is 0.0756. The molecule has 6 aromatic rings. The number of anilines is 2. The molecule has 2 fully saturated rings. The van der Waals surface area contributed by atoms with Crippen molar-refractivity contribution in [2.45, 2.75) is 74.0 Å². The van der Waals surface area contributed by atoms with E-state index >= 15 is 0 Å². The third-order valence-corrected chi connectivity index (χ3v) is 15.1. The molecule has 15 heteroatoms. The minimum Gasteiger partial charge on any atom is -0.370 e. The van der Waals surface area contributed by atoms with E-state index in [0.717, 1.165) is 71.9 Å². The molecule has 2 aliphatic rings. The molecular weight excluding hydrogens is 845 g/mol. The number of carbonyl (C=O) groups is 2. The van der Waals surface area contributed by atoms with Gasteiger partial charge in [0, 0.05) is 120 Å². The van der Waals surface area contributed by atoms with Crippen molar-refractivity contribution in [1.82, 2.24) is 29.5 Å². The van der Waals surface area contributed by atoms with E-state index in [4.69, 9.17) is 19.7 Å². The van der Waals surface area contributed by atoms with Gasteiger partial charge < -0.3 is 24.1 Å². The third-order valence-electron chi connectivity index (χ3n) is 11.2. The zero-order chi connectivity index (χ0) is 45.1. The van der Waals surface area contributed by atoms with Crippen molar-refractivity contribution >= 4 is 75.9 Å². The lowest BCUT2D eigenvalue weighted by Crippen LogP contribution is -2.37. The molecule has 2 aliphatic heterocycles. The Morgan fingerprint density at radius 3 is 1.92 bits per heavy atom. The lowest BCUT2D eigenvalue weighted by Gasteiger charge is -2.28. The van der Waals surface area contributed by atoms with Gasteiger partial charge in [0.2, 0.25) is 0 Å². The number of benzene rings is 2.